The van der Waals surface area contributed by atoms with Crippen LogP contribution in [0.25, 0.3) is 0 Å². The molecule has 2 aromatic carbocycles. The van der Waals surface area contributed by atoms with Gasteiger partial charge in [0.2, 0.25) is 0 Å². The van der Waals surface area contributed by atoms with Crippen LogP contribution < -0.4 is 5.90 Å². The minimum Gasteiger partial charge on any atom is -0.299 e. The lowest BCUT2D eigenvalue weighted by Gasteiger charge is -2.42. The first-order valence-corrected chi connectivity index (χ1v) is 8.97. The first-order valence-electron chi connectivity index (χ1n) is 6.65. The van der Waals surface area contributed by atoms with Crippen molar-refractivity contribution in [3.63, 3.8) is 0 Å². The molecular weight excluding hydrogens is 286 g/mol. The molecule has 2 aromatic rings. The topological polar surface area (TPSA) is 35.2 Å². The summed E-state index contributed by atoms with van der Waals surface area (Å²) in [5, 5.41) is 0. The van der Waals surface area contributed by atoms with Crippen LogP contribution in [0.5, 0.6) is 0 Å². The van der Waals surface area contributed by atoms with Gasteiger partial charge in [0.15, 0.2) is 0 Å². The van der Waals surface area contributed by atoms with Crippen molar-refractivity contribution in [2.45, 2.75) is 17.3 Å². The van der Waals surface area contributed by atoms with E-state index in [1.165, 1.54) is 11.1 Å². The number of nitrogens with two attached hydrogens (primary N) is 1. The highest BCUT2D eigenvalue weighted by atomic mass is 33.1. The molecule has 104 valence electrons. The Bertz CT molecular complexity index is 507. The fraction of sp³-hybridized carbons (Fsp3) is 0.250. The smallest absolute Gasteiger partial charge is 0.104 e. The van der Waals surface area contributed by atoms with E-state index in [1.54, 1.807) is 0 Å². The zero-order valence-corrected chi connectivity index (χ0v) is 12.7. The fourth-order valence-electron chi connectivity index (χ4n) is 2.72. The number of benzene rings is 2. The van der Waals surface area contributed by atoms with Gasteiger partial charge in [-0.15, -0.1) is 0 Å². The van der Waals surface area contributed by atoms with Crippen LogP contribution >= 0.6 is 21.6 Å². The van der Waals surface area contributed by atoms with E-state index in [0.29, 0.717) is 0 Å². The summed E-state index contributed by atoms with van der Waals surface area (Å²) in [5.74, 6) is 6.69. The predicted octanol–water partition coefficient (Wildman–Crippen LogP) is 3.97. The van der Waals surface area contributed by atoms with Crippen molar-refractivity contribution >= 4 is 21.6 Å². The van der Waals surface area contributed by atoms with Gasteiger partial charge in [0.1, 0.15) is 10.9 Å². The summed E-state index contributed by atoms with van der Waals surface area (Å²) in [6.45, 7) is 0. The molecule has 3 rings (SSSR count). The Morgan fingerprint density at radius 3 is 2.00 bits per heavy atom. The van der Waals surface area contributed by atoms with E-state index < -0.39 is 0 Å². The van der Waals surface area contributed by atoms with Crippen LogP contribution in [-0.2, 0) is 9.58 Å². The number of rotatable bonds is 3. The Kier molecular flexibility index (Phi) is 4.36. The lowest BCUT2D eigenvalue weighted by atomic mass is 9.84. The monoisotopic (exact) mass is 303 g/mol. The molecule has 1 aliphatic heterocycles. The second kappa shape index (κ2) is 6.22. The Hall–Kier alpha value is -0.940. The molecule has 1 aliphatic rings. The van der Waals surface area contributed by atoms with E-state index in [-0.39, 0.29) is 10.9 Å². The lowest BCUT2D eigenvalue weighted by Crippen LogP contribution is -2.43. The maximum atomic E-state index is 5.63. The van der Waals surface area contributed by atoms with Crippen molar-refractivity contribution in [2.24, 2.45) is 5.90 Å². The quantitative estimate of drug-likeness (QED) is 0.687. The highest BCUT2D eigenvalue weighted by Gasteiger charge is 2.46. The second-order valence-corrected chi connectivity index (χ2v) is 7.45. The Morgan fingerprint density at radius 2 is 1.50 bits per heavy atom. The van der Waals surface area contributed by atoms with E-state index >= 15 is 0 Å². The molecule has 2 N–H and O–H groups in total. The van der Waals surface area contributed by atoms with Gasteiger partial charge in [-0.25, -0.2) is 5.90 Å². The largest absolute Gasteiger partial charge is 0.299 e. The van der Waals surface area contributed by atoms with Gasteiger partial charge >= 0.3 is 0 Å². The van der Waals surface area contributed by atoms with Gasteiger partial charge in [-0.05, 0) is 17.5 Å². The van der Waals surface area contributed by atoms with Gasteiger partial charge < -0.3 is 0 Å². The molecule has 0 aromatic heterocycles. The summed E-state index contributed by atoms with van der Waals surface area (Å²) in [4.78, 5) is 5.38. The van der Waals surface area contributed by atoms with E-state index in [2.05, 4.69) is 48.5 Å². The van der Waals surface area contributed by atoms with Gasteiger partial charge in [-0.2, -0.15) is 0 Å². The molecule has 2 nitrogen and oxygen atoms in total. The van der Waals surface area contributed by atoms with Crippen LogP contribution in [0.2, 0.25) is 0 Å². The third kappa shape index (κ3) is 2.37. The van der Waals surface area contributed by atoms with Crippen molar-refractivity contribution in [1.29, 1.82) is 0 Å². The van der Waals surface area contributed by atoms with Gasteiger partial charge in [0.05, 0.1) is 0 Å². The highest BCUT2D eigenvalue weighted by molar-refractivity contribution is 8.77. The Morgan fingerprint density at radius 1 is 0.950 bits per heavy atom. The van der Waals surface area contributed by atoms with Gasteiger partial charge in [0.25, 0.3) is 0 Å². The summed E-state index contributed by atoms with van der Waals surface area (Å²) in [5.41, 5.74) is 2.50. The molecule has 0 spiro atoms. The van der Waals surface area contributed by atoms with Crippen molar-refractivity contribution in [2.75, 3.05) is 5.75 Å². The van der Waals surface area contributed by atoms with Crippen LogP contribution in [0.1, 0.15) is 17.5 Å². The standard InChI is InChI=1S/C16H17NOS2/c17-18-15-11-12-19-20-16(15,13-7-3-1-4-8-13)14-9-5-2-6-10-14/h1-10,15H,11-12,17H2. The van der Waals surface area contributed by atoms with Gasteiger partial charge in [0, 0.05) is 5.75 Å². The normalized spacial score (nSPS) is 21.6. The molecule has 1 unspecified atom stereocenters. The molecule has 20 heavy (non-hydrogen) atoms. The Balaban J connectivity index is 2.17. The van der Waals surface area contributed by atoms with E-state index in [0.717, 1.165) is 12.2 Å². The van der Waals surface area contributed by atoms with Crippen LogP contribution in [0.4, 0.5) is 0 Å². The zero-order valence-electron chi connectivity index (χ0n) is 11.1. The van der Waals surface area contributed by atoms with Crippen LogP contribution in [0.3, 0.4) is 0 Å². The molecule has 1 heterocycles. The van der Waals surface area contributed by atoms with Crippen molar-refractivity contribution < 1.29 is 4.84 Å². The van der Waals surface area contributed by atoms with Crippen LogP contribution in [0, 0.1) is 0 Å². The minimum atomic E-state index is -0.236. The zero-order chi connectivity index (χ0) is 13.8. The summed E-state index contributed by atoms with van der Waals surface area (Å²) in [6.07, 6.45) is 0.941. The minimum absolute atomic E-state index is 0.0152. The molecule has 1 atom stereocenters. The molecule has 1 saturated heterocycles. The second-order valence-electron chi connectivity index (χ2n) is 4.79. The average Bonchev–Trinajstić information content (AvgIpc) is 2.56. The Labute approximate surface area is 127 Å². The van der Waals surface area contributed by atoms with E-state index in [1.807, 2.05) is 33.7 Å². The number of hydrogen-bond donors (Lipinski definition) is 1. The van der Waals surface area contributed by atoms with Crippen molar-refractivity contribution in [1.82, 2.24) is 0 Å². The highest BCUT2D eigenvalue weighted by Crippen LogP contribution is 2.55. The average molecular weight is 303 g/mol. The molecule has 0 aliphatic carbocycles. The SMILES string of the molecule is NOC1CCSSC1(c1ccccc1)c1ccccc1. The third-order valence-electron chi connectivity index (χ3n) is 3.68. The van der Waals surface area contributed by atoms with Crippen LogP contribution in [-0.4, -0.2) is 11.9 Å². The molecule has 0 amide bonds. The van der Waals surface area contributed by atoms with Gasteiger partial charge in [-0.3, -0.25) is 4.84 Å². The van der Waals surface area contributed by atoms with Crippen molar-refractivity contribution in [3.05, 3.63) is 71.8 Å². The van der Waals surface area contributed by atoms with E-state index in [4.69, 9.17) is 10.7 Å². The fourth-order valence-corrected chi connectivity index (χ4v) is 6.04. The summed E-state index contributed by atoms with van der Waals surface area (Å²) < 4.78 is -0.236. The first-order chi connectivity index (χ1) is 9.88. The molecule has 1 fully saturated rings. The first kappa shape index (κ1) is 14.0. The van der Waals surface area contributed by atoms with Gasteiger partial charge in [-0.1, -0.05) is 82.3 Å². The van der Waals surface area contributed by atoms with E-state index in [9.17, 15) is 0 Å². The van der Waals surface area contributed by atoms with Crippen molar-refractivity contribution in [3.8, 4) is 0 Å². The number of hydrogen-bond acceptors (Lipinski definition) is 4. The molecular formula is C16H17NOS2. The maximum absolute atomic E-state index is 5.63. The molecule has 0 radical (unpaired) electrons. The predicted molar refractivity (Wildman–Crippen MR) is 87.4 cm³/mol. The molecule has 0 saturated carbocycles. The maximum Gasteiger partial charge on any atom is 0.104 e. The molecule has 0 bridgehead atoms. The summed E-state index contributed by atoms with van der Waals surface area (Å²) in [6, 6.07) is 21.1. The molecule has 4 heteroatoms. The summed E-state index contributed by atoms with van der Waals surface area (Å²) >= 11 is 0. The lowest BCUT2D eigenvalue weighted by molar-refractivity contribution is 0.0309. The third-order valence-corrected chi connectivity index (χ3v) is 6.84. The summed E-state index contributed by atoms with van der Waals surface area (Å²) in [7, 11) is 3.75. The van der Waals surface area contributed by atoms with Crippen LogP contribution in [0.15, 0.2) is 60.7 Å².